The van der Waals surface area contributed by atoms with Gasteiger partial charge in [0.25, 0.3) is 0 Å². The molecule has 21 heavy (non-hydrogen) atoms. The third-order valence-electron chi connectivity index (χ3n) is 3.76. The average Bonchev–Trinajstić information content (AvgIpc) is 2.42. The van der Waals surface area contributed by atoms with Crippen molar-refractivity contribution in [2.45, 2.75) is 38.0 Å². The number of hydrogen-bond donors (Lipinski definition) is 1. The van der Waals surface area contributed by atoms with Gasteiger partial charge in [-0.05, 0) is 25.8 Å². The number of anilines is 1. The van der Waals surface area contributed by atoms with Gasteiger partial charge in [0.2, 0.25) is 0 Å². The molecule has 0 atom stereocenters. The van der Waals surface area contributed by atoms with Crippen LogP contribution >= 0.6 is 15.9 Å². The lowest BCUT2D eigenvalue weighted by atomic mass is 9.76. The largest absolute Gasteiger partial charge is 0.491 e. The molecule has 0 aromatic carbocycles. The Morgan fingerprint density at radius 2 is 2.38 bits per heavy atom. The summed E-state index contributed by atoms with van der Waals surface area (Å²) in [5.74, 6) is 1.27. The molecular weight excluding hydrogens is 340 g/mol. The standard InChI is InChI=1S/C14H17BrN2O4/c1-14(19)5-10(6-14)17-12-9(8-21-13(17)18)4-11(7-16-12)20-3-2-15/h4,7,10,19H,2-3,5-6,8H2,1H3. The first-order valence-corrected chi connectivity index (χ1v) is 7.98. The normalized spacial score (nSPS) is 27.7. The van der Waals surface area contributed by atoms with E-state index in [0.29, 0.717) is 31.0 Å². The zero-order valence-electron chi connectivity index (χ0n) is 11.7. The molecule has 1 aliphatic heterocycles. The predicted octanol–water partition coefficient (Wildman–Crippen LogP) is 2.23. The molecule has 0 bridgehead atoms. The van der Waals surface area contributed by atoms with Crippen LogP contribution in [0.1, 0.15) is 25.3 Å². The third-order valence-corrected chi connectivity index (χ3v) is 4.08. The van der Waals surface area contributed by atoms with Crippen molar-refractivity contribution in [2.24, 2.45) is 0 Å². The van der Waals surface area contributed by atoms with Crippen LogP contribution in [-0.4, -0.2) is 39.8 Å². The molecule has 0 spiro atoms. The van der Waals surface area contributed by atoms with Gasteiger partial charge in [0, 0.05) is 16.9 Å². The summed E-state index contributed by atoms with van der Waals surface area (Å²) in [5, 5.41) is 10.6. The molecule has 1 aromatic heterocycles. The molecule has 1 aliphatic carbocycles. The number of cyclic esters (lactones) is 1. The Morgan fingerprint density at radius 1 is 1.62 bits per heavy atom. The van der Waals surface area contributed by atoms with E-state index in [9.17, 15) is 9.90 Å². The van der Waals surface area contributed by atoms with Crippen LogP contribution in [0.2, 0.25) is 0 Å². The van der Waals surface area contributed by atoms with E-state index in [1.54, 1.807) is 18.0 Å². The van der Waals surface area contributed by atoms with E-state index in [-0.39, 0.29) is 12.6 Å². The van der Waals surface area contributed by atoms with Crippen molar-refractivity contribution in [3.05, 3.63) is 17.8 Å². The van der Waals surface area contributed by atoms with Crippen LogP contribution in [0.25, 0.3) is 0 Å². The molecule has 1 amide bonds. The molecule has 2 heterocycles. The topological polar surface area (TPSA) is 71.9 Å². The van der Waals surface area contributed by atoms with Gasteiger partial charge in [-0.25, -0.2) is 9.78 Å². The molecule has 6 nitrogen and oxygen atoms in total. The Morgan fingerprint density at radius 3 is 3.05 bits per heavy atom. The van der Waals surface area contributed by atoms with E-state index < -0.39 is 11.7 Å². The Kier molecular flexibility index (Phi) is 3.79. The molecule has 1 aromatic rings. The molecule has 2 aliphatic rings. The highest BCUT2D eigenvalue weighted by molar-refractivity contribution is 9.09. The summed E-state index contributed by atoms with van der Waals surface area (Å²) in [6.45, 7) is 2.52. The number of aromatic nitrogens is 1. The number of rotatable bonds is 4. The van der Waals surface area contributed by atoms with Crippen molar-refractivity contribution in [1.29, 1.82) is 0 Å². The van der Waals surface area contributed by atoms with Crippen molar-refractivity contribution in [2.75, 3.05) is 16.8 Å². The first-order valence-electron chi connectivity index (χ1n) is 6.86. The highest BCUT2D eigenvalue weighted by Crippen LogP contribution is 2.40. The zero-order valence-corrected chi connectivity index (χ0v) is 13.3. The first-order chi connectivity index (χ1) is 10.00. The van der Waals surface area contributed by atoms with E-state index in [1.165, 1.54) is 0 Å². The fraction of sp³-hybridized carbons (Fsp3) is 0.571. The van der Waals surface area contributed by atoms with Crippen molar-refractivity contribution in [3.8, 4) is 5.75 Å². The molecule has 0 unspecified atom stereocenters. The SMILES string of the molecule is CC1(O)CC(N2C(=O)OCc3cc(OCCBr)cnc32)C1. The summed E-state index contributed by atoms with van der Waals surface area (Å²) in [7, 11) is 0. The number of amides is 1. The highest BCUT2D eigenvalue weighted by atomic mass is 79.9. The number of alkyl halides is 1. The van der Waals surface area contributed by atoms with Crippen LogP contribution in [0.4, 0.5) is 10.6 Å². The van der Waals surface area contributed by atoms with Gasteiger partial charge >= 0.3 is 6.09 Å². The van der Waals surface area contributed by atoms with Crippen molar-refractivity contribution < 1.29 is 19.4 Å². The Balaban J connectivity index is 1.83. The maximum atomic E-state index is 12.0. The van der Waals surface area contributed by atoms with Crippen LogP contribution < -0.4 is 9.64 Å². The average molecular weight is 357 g/mol. The van der Waals surface area contributed by atoms with Gasteiger partial charge in [-0.1, -0.05) is 15.9 Å². The summed E-state index contributed by atoms with van der Waals surface area (Å²) in [5.41, 5.74) is 0.120. The number of halogens is 1. The quantitative estimate of drug-likeness (QED) is 0.837. The van der Waals surface area contributed by atoms with E-state index >= 15 is 0 Å². The number of carbonyl (C=O) groups is 1. The maximum Gasteiger partial charge on any atom is 0.416 e. The number of pyridine rings is 1. The van der Waals surface area contributed by atoms with Gasteiger partial charge in [0.15, 0.2) is 0 Å². The second kappa shape index (κ2) is 5.46. The molecule has 7 heteroatoms. The van der Waals surface area contributed by atoms with Crippen LogP contribution in [0, 0.1) is 0 Å². The molecule has 1 saturated carbocycles. The van der Waals surface area contributed by atoms with Gasteiger partial charge in [-0.15, -0.1) is 0 Å². The molecule has 0 radical (unpaired) electrons. The van der Waals surface area contributed by atoms with Crippen molar-refractivity contribution in [1.82, 2.24) is 4.98 Å². The predicted molar refractivity (Wildman–Crippen MR) is 79.8 cm³/mol. The van der Waals surface area contributed by atoms with Gasteiger partial charge in [0.05, 0.1) is 18.4 Å². The maximum absolute atomic E-state index is 12.0. The molecule has 1 fully saturated rings. The van der Waals surface area contributed by atoms with Crippen LogP contribution in [0.3, 0.4) is 0 Å². The highest BCUT2D eigenvalue weighted by Gasteiger charge is 2.46. The molecule has 3 rings (SSSR count). The Bertz CT molecular complexity index is 556. The lowest BCUT2D eigenvalue weighted by Crippen LogP contribution is -2.57. The van der Waals surface area contributed by atoms with Crippen LogP contribution in [0.15, 0.2) is 12.3 Å². The number of aliphatic hydroxyl groups is 1. The Labute approximate surface area is 131 Å². The minimum atomic E-state index is -0.707. The fourth-order valence-electron chi connectivity index (χ4n) is 2.80. The number of carbonyl (C=O) groups excluding carboxylic acids is 1. The van der Waals surface area contributed by atoms with Gasteiger partial charge in [-0.3, -0.25) is 4.90 Å². The second-order valence-corrected chi connectivity index (χ2v) is 6.47. The van der Waals surface area contributed by atoms with Gasteiger partial charge in [-0.2, -0.15) is 0 Å². The summed E-state index contributed by atoms with van der Waals surface area (Å²) in [6.07, 6.45) is 2.28. The van der Waals surface area contributed by atoms with E-state index in [0.717, 1.165) is 10.9 Å². The zero-order chi connectivity index (χ0) is 15.0. The monoisotopic (exact) mass is 356 g/mol. The summed E-state index contributed by atoms with van der Waals surface area (Å²) in [6, 6.07) is 1.79. The number of nitrogens with zero attached hydrogens (tertiary/aromatic N) is 2. The second-order valence-electron chi connectivity index (χ2n) is 5.67. The van der Waals surface area contributed by atoms with E-state index in [1.807, 2.05) is 6.07 Å². The third kappa shape index (κ3) is 2.85. The number of hydrogen-bond acceptors (Lipinski definition) is 5. The summed E-state index contributed by atoms with van der Waals surface area (Å²) in [4.78, 5) is 17.9. The molecule has 1 N–H and O–H groups in total. The van der Waals surface area contributed by atoms with Gasteiger partial charge in [0.1, 0.15) is 18.2 Å². The molecule has 0 saturated heterocycles. The lowest BCUT2D eigenvalue weighted by Gasteiger charge is -2.46. The number of ether oxygens (including phenoxy) is 2. The first kappa shape index (κ1) is 14.6. The smallest absolute Gasteiger partial charge is 0.416 e. The lowest BCUT2D eigenvalue weighted by molar-refractivity contribution is -0.0315. The van der Waals surface area contributed by atoms with Crippen LogP contribution in [0.5, 0.6) is 5.75 Å². The summed E-state index contributed by atoms with van der Waals surface area (Å²) < 4.78 is 10.7. The minimum absolute atomic E-state index is 0.0617. The Hall–Kier alpha value is -1.34. The minimum Gasteiger partial charge on any atom is -0.491 e. The van der Waals surface area contributed by atoms with Gasteiger partial charge < -0.3 is 14.6 Å². The van der Waals surface area contributed by atoms with E-state index in [4.69, 9.17) is 9.47 Å². The van der Waals surface area contributed by atoms with E-state index in [2.05, 4.69) is 20.9 Å². The summed E-state index contributed by atoms with van der Waals surface area (Å²) >= 11 is 3.30. The van der Waals surface area contributed by atoms with Crippen molar-refractivity contribution >= 4 is 27.8 Å². The van der Waals surface area contributed by atoms with Crippen molar-refractivity contribution in [3.63, 3.8) is 0 Å². The van der Waals surface area contributed by atoms with Crippen LogP contribution in [-0.2, 0) is 11.3 Å². The molecular formula is C14H17BrN2O4. The fourth-order valence-corrected chi connectivity index (χ4v) is 2.96. The molecule has 114 valence electrons. The number of fused-ring (bicyclic) bond motifs is 1.